The predicted octanol–water partition coefficient (Wildman–Crippen LogP) is 1.28. The first-order valence-corrected chi connectivity index (χ1v) is 6.63. The summed E-state index contributed by atoms with van der Waals surface area (Å²) in [6.45, 7) is 3.87. The molecule has 90 valence electrons. The zero-order valence-electron chi connectivity index (χ0n) is 9.41. The topological polar surface area (TPSA) is 41.1 Å². The van der Waals surface area contributed by atoms with Crippen LogP contribution in [0.2, 0.25) is 0 Å². The van der Waals surface area contributed by atoms with Crippen molar-refractivity contribution >= 4 is 30.1 Å². The van der Waals surface area contributed by atoms with E-state index in [1.165, 1.54) is 12.8 Å². The smallest absolute Gasteiger partial charge is 0.223 e. The fourth-order valence-electron chi connectivity index (χ4n) is 1.65. The Labute approximate surface area is 103 Å². The quantitative estimate of drug-likeness (QED) is 0.775. The molecule has 0 saturated carbocycles. The molecule has 0 aromatic rings. The zero-order valence-corrected chi connectivity index (χ0v) is 11.0. The Morgan fingerprint density at radius 2 is 2.40 bits per heavy atom. The highest BCUT2D eigenvalue weighted by Gasteiger charge is 2.16. The molecular weight excluding hydrogens is 232 g/mol. The van der Waals surface area contributed by atoms with E-state index in [0.717, 1.165) is 18.8 Å². The van der Waals surface area contributed by atoms with Gasteiger partial charge in [-0.15, -0.1) is 12.4 Å². The lowest BCUT2D eigenvalue weighted by Gasteiger charge is -2.14. The van der Waals surface area contributed by atoms with Crippen molar-refractivity contribution in [1.82, 2.24) is 10.6 Å². The predicted molar refractivity (Wildman–Crippen MR) is 68.8 cm³/mol. The molecule has 0 aromatic carbocycles. The van der Waals surface area contributed by atoms with E-state index in [0.29, 0.717) is 6.04 Å². The number of hydrogen-bond donors (Lipinski definition) is 2. The van der Waals surface area contributed by atoms with Gasteiger partial charge in [0.1, 0.15) is 0 Å². The molecule has 1 aliphatic rings. The summed E-state index contributed by atoms with van der Waals surface area (Å²) >= 11 is 1.72. The summed E-state index contributed by atoms with van der Waals surface area (Å²) < 4.78 is 0. The standard InChI is InChI=1S/C10H20N2OS.ClH/c1-8(7-14-2)10(13)12-6-9-4-3-5-11-9;/h8-9,11H,3-7H2,1-2H3,(H,12,13);1H. The first-order valence-electron chi connectivity index (χ1n) is 5.24. The van der Waals surface area contributed by atoms with Crippen LogP contribution < -0.4 is 10.6 Å². The molecule has 2 unspecified atom stereocenters. The Morgan fingerprint density at radius 3 is 2.93 bits per heavy atom. The van der Waals surface area contributed by atoms with Gasteiger partial charge in [0.2, 0.25) is 5.91 Å². The minimum Gasteiger partial charge on any atom is -0.354 e. The van der Waals surface area contributed by atoms with Crippen molar-refractivity contribution in [1.29, 1.82) is 0 Å². The first-order chi connectivity index (χ1) is 6.74. The Balaban J connectivity index is 0.00000196. The van der Waals surface area contributed by atoms with E-state index in [2.05, 4.69) is 10.6 Å². The molecule has 0 bridgehead atoms. The molecule has 15 heavy (non-hydrogen) atoms. The summed E-state index contributed by atoms with van der Waals surface area (Å²) in [6, 6.07) is 0.500. The third-order valence-electron chi connectivity index (χ3n) is 2.55. The summed E-state index contributed by atoms with van der Waals surface area (Å²) in [4.78, 5) is 11.5. The molecule has 2 atom stereocenters. The average Bonchev–Trinajstić information content (AvgIpc) is 2.67. The second kappa shape index (κ2) is 8.25. The van der Waals surface area contributed by atoms with Crippen molar-refractivity contribution in [2.45, 2.75) is 25.8 Å². The van der Waals surface area contributed by atoms with Gasteiger partial charge in [-0.2, -0.15) is 11.8 Å². The molecule has 1 aliphatic heterocycles. The van der Waals surface area contributed by atoms with Crippen LogP contribution in [0.25, 0.3) is 0 Å². The van der Waals surface area contributed by atoms with Gasteiger partial charge in [-0.25, -0.2) is 0 Å². The monoisotopic (exact) mass is 252 g/mol. The van der Waals surface area contributed by atoms with Crippen LogP contribution in [0.4, 0.5) is 0 Å². The van der Waals surface area contributed by atoms with Gasteiger partial charge >= 0.3 is 0 Å². The van der Waals surface area contributed by atoms with Crippen LogP contribution in [0.3, 0.4) is 0 Å². The van der Waals surface area contributed by atoms with E-state index in [1.54, 1.807) is 11.8 Å². The van der Waals surface area contributed by atoms with E-state index in [9.17, 15) is 4.79 Å². The largest absolute Gasteiger partial charge is 0.354 e. The van der Waals surface area contributed by atoms with Crippen molar-refractivity contribution in [3.05, 3.63) is 0 Å². The highest BCUT2D eigenvalue weighted by atomic mass is 35.5. The Hall–Kier alpha value is 0.0700. The van der Waals surface area contributed by atoms with Gasteiger partial charge in [-0.05, 0) is 25.6 Å². The SMILES string of the molecule is CSCC(C)C(=O)NCC1CCCN1.Cl. The average molecular weight is 253 g/mol. The third kappa shape index (κ3) is 5.64. The normalized spacial score (nSPS) is 21.9. The van der Waals surface area contributed by atoms with Crippen molar-refractivity contribution in [3.8, 4) is 0 Å². The maximum absolute atomic E-state index is 11.5. The first kappa shape index (κ1) is 15.1. The fraction of sp³-hybridized carbons (Fsp3) is 0.900. The number of thioether (sulfide) groups is 1. The molecule has 1 heterocycles. The number of nitrogens with one attached hydrogen (secondary N) is 2. The number of halogens is 1. The fourth-order valence-corrected chi connectivity index (χ4v) is 2.31. The summed E-state index contributed by atoms with van der Waals surface area (Å²) in [6.07, 6.45) is 4.46. The van der Waals surface area contributed by atoms with Crippen LogP contribution in [0.1, 0.15) is 19.8 Å². The second-order valence-corrected chi connectivity index (χ2v) is 4.81. The molecule has 0 aliphatic carbocycles. The number of carbonyl (C=O) groups excluding carboxylic acids is 1. The zero-order chi connectivity index (χ0) is 10.4. The molecule has 0 aromatic heterocycles. The molecule has 1 saturated heterocycles. The molecule has 1 amide bonds. The van der Waals surface area contributed by atoms with Crippen LogP contribution in [0, 0.1) is 5.92 Å². The minimum absolute atomic E-state index is 0. The van der Waals surface area contributed by atoms with Gasteiger partial charge in [0.15, 0.2) is 0 Å². The summed E-state index contributed by atoms with van der Waals surface area (Å²) in [7, 11) is 0. The second-order valence-electron chi connectivity index (χ2n) is 3.89. The maximum Gasteiger partial charge on any atom is 0.223 e. The van der Waals surface area contributed by atoms with Crippen LogP contribution in [-0.4, -0.2) is 37.0 Å². The molecule has 2 N–H and O–H groups in total. The molecule has 1 rings (SSSR count). The van der Waals surface area contributed by atoms with Crippen LogP contribution in [-0.2, 0) is 4.79 Å². The molecule has 0 spiro atoms. The molecular formula is C10H21ClN2OS. The summed E-state index contributed by atoms with van der Waals surface area (Å²) in [5, 5.41) is 6.36. The van der Waals surface area contributed by atoms with E-state index in [1.807, 2.05) is 13.2 Å². The lowest BCUT2D eigenvalue weighted by molar-refractivity contribution is -0.123. The van der Waals surface area contributed by atoms with Gasteiger partial charge in [0, 0.05) is 24.3 Å². The van der Waals surface area contributed by atoms with Gasteiger partial charge in [-0.1, -0.05) is 6.92 Å². The van der Waals surface area contributed by atoms with E-state index in [4.69, 9.17) is 0 Å². The van der Waals surface area contributed by atoms with Gasteiger partial charge < -0.3 is 10.6 Å². The Kier molecular flexibility index (Phi) is 8.29. The van der Waals surface area contributed by atoms with Crippen molar-refractivity contribution < 1.29 is 4.79 Å². The molecule has 1 fully saturated rings. The van der Waals surface area contributed by atoms with Gasteiger partial charge in [-0.3, -0.25) is 4.79 Å². The van der Waals surface area contributed by atoms with Crippen molar-refractivity contribution in [2.24, 2.45) is 5.92 Å². The maximum atomic E-state index is 11.5. The number of hydrogen-bond acceptors (Lipinski definition) is 3. The third-order valence-corrected chi connectivity index (χ3v) is 3.38. The van der Waals surface area contributed by atoms with E-state index >= 15 is 0 Å². The summed E-state index contributed by atoms with van der Waals surface area (Å²) in [5.41, 5.74) is 0. The lowest BCUT2D eigenvalue weighted by atomic mass is 10.2. The molecule has 3 nitrogen and oxygen atoms in total. The highest BCUT2D eigenvalue weighted by molar-refractivity contribution is 7.98. The van der Waals surface area contributed by atoms with Crippen LogP contribution in [0.15, 0.2) is 0 Å². The van der Waals surface area contributed by atoms with Crippen molar-refractivity contribution in [3.63, 3.8) is 0 Å². The summed E-state index contributed by atoms with van der Waals surface area (Å²) in [5.74, 6) is 1.23. The van der Waals surface area contributed by atoms with Crippen LogP contribution >= 0.6 is 24.2 Å². The Bertz CT molecular complexity index is 186. The van der Waals surface area contributed by atoms with E-state index < -0.39 is 0 Å². The van der Waals surface area contributed by atoms with Gasteiger partial charge in [0.25, 0.3) is 0 Å². The number of carbonyl (C=O) groups is 1. The van der Waals surface area contributed by atoms with Gasteiger partial charge in [0.05, 0.1) is 0 Å². The number of amides is 1. The lowest BCUT2D eigenvalue weighted by Crippen LogP contribution is -2.39. The highest BCUT2D eigenvalue weighted by Crippen LogP contribution is 2.06. The minimum atomic E-state index is 0. The Morgan fingerprint density at radius 1 is 1.67 bits per heavy atom. The number of rotatable bonds is 5. The van der Waals surface area contributed by atoms with Crippen LogP contribution in [0.5, 0.6) is 0 Å². The van der Waals surface area contributed by atoms with Crippen molar-refractivity contribution in [2.75, 3.05) is 25.1 Å². The molecule has 0 radical (unpaired) electrons. The van der Waals surface area contributed by atoms with E-state index in [-0.39, 0.29) is 24.2 Å². The molecule has 5 heteroatoms.